The second-order valence-electron chi connectivity index (χ2n) is 1.45. The molecule has 1 aliphatic rings. The fourth-order valence-corrected chi connectivity index (χ4v) is 0.565. The number of carbonyl (C=O) groups excluding carboxylic acids is 1. The number of carbonyl (C=O) groups is 1. The number of hydrogen-bond donors (Lipinski definition) is 1. The van der Waals surface area contributed by atoms with E-state index >= 15 is 0 Å². The van der Waals surface area contributed by atoms with E-state index in [2.05, 4.69) is 5.32 Å². The largest absolute Gasteiger partial charge is 0.356 e. The van der Waals surface area contributed by atoms with Crippen LogP contribution < -0.4 is 5.32 Å². The van der Waals surface area contributed by atoms with E-state index in [-0.39, 0.29) is 23.3 Å². The van der Waals surface area contributed by atoms with Crippen LogP contribution in [0.4, 0.5) is 0 Å². The van der Waals surface area contributed by atoms with Crippen molar-refractivity contribution in [3.8, 4) is 0 Å². The van der Waals surface area contributed by atoms with Gasteiger partial charge in [-0.1, -0.05) is 0 Å². The topological polar surface area (TPSA) is 29.1 Å². The summed E-state index contributed by atoms with van der Waals surface area (Å²) >= 11 is 0. The average Bonchev–Trinajstić information content (AvgIpc) is 1.86. The zero-order valence-electron chi connectivity index (χ0n) is 3.94. The standard InChI is InChI=1S/C4H7NO.Cr/c6-4-2-1-3-5-4;/h1-3H2,(H,5,6);. The molecule has 0 unspecified atom stereocenters. The Bertz CT molecular complexity index is 66.1. The summed E-state index contributed by atoms with van der Waals surface area (Å²) in [5.74, 6) is 0.204. The van der Waals surface area contributed by atoms with Gasteiger partial charge in [0.2, 0.25) is 5.91 Å². The van der Waals surface area contributed by atoms with Crippen LogP contribution in [0.3, 0.4) is 0 Å². The van der Waals surface area contributed by atoms with Gasteiger partial charge in [0.1, 0.15) is 0 Å². The number of rotatable bonds is 0. The first-order chi connectivity index (χ1) is 2.89. The summed E-state index contributed by atoms with van der Waals surface area (Å²) in [7, 11) is 0. The Morgan fingerprint density at radius 3 is 2.43 bits per heavy atom. The molecule has 0 aromatic heterocycles. The summed E-state index contributed by atoms with van der Waals surface area (Å²) in [6.07, 6.45) is 1.76. The Hall–Kier alpha value is 0.00247. The van der Waals surface area contributed by atoms with E-state index in [1.165, 1.54) is 0 Å². The molecule has 1 amide bonds. The Balaban J connectivity index is 0.000000360. The third-order valence-corrected chi connectivity index (χ3v) is 0.903. The van der Waals surface area contributed by atoms with Crippen molar-refractivity contribution in [1.82, 2.24) is 5.32 Å². The van der Waals surface area contributed by atoms with Crippen molar-refractivity contribution in [2.24, 2.45) is 0 Å². The summed E-state index contributed by atoms with van der Waals surface area (Å²) in [4.78, 5) is 10.1. The van der Waals surface area contributed by atoms with E-state index in [0.717, 1.165) is 19.4 Å². The van der Waals surface area contributed by atoms with Crippen LogP contribution in [0.25, 0.3) is 0 Å². The second-order valence-corrected chi connectivity index (χ2v) is 1.45. The summed E-state index contributed by atoms with van der Waals surface area (Å²) in [6, 6.07) is 0. The van der Waals surface area contributed by atoms with Gasteiger partial charge in [-0.15, -0.1) is 0 Å². The van der Waals surface area contributed by atoms with Crippen LogP contribution in [0.5, 0.6) is 0 Å². The van der Waals surface area contributed by atoms with Crippen LogP contribution in [0.15, 0.2) is 0 Å². The number of amides is 1. The third kappa shape index (κ3) is 1.96. The van der Waals surface area contributed by atoms with Crippen molar-refractivity contribution >= 4 is 5.91 Å². The van der Waals surface area contributed by atoms with Gasteiger partial charge in [0, 0.05) is 30.3 Å². The van der Waals surface area contributed by atoms with E-state index < -0.39 is 0 Å². The number of nitrogens with one attached hydrogen (secondary N) is 1. The smallest absolute Gasteiger partial charge is 0.220 e. The zero-order valence-corrected chi connectivity index (χ0v) is 5.21. The van der Waals surface area contributed by atoms with E-state index in [1.54, 1.807) is 0 Å². The van der Waals surface area contributed by atoms with E-state index in [9.17, 15) is 4.79 Å². The molecule has 3 heteroatoms. The maximum Gasteiger partial charge on any atom is 0.220 e. The molecule has 0 radical (unpaired) electrons. The first kappa shape index (κ1) is 7.00. The van der Waals surface area contributed by atoms with Gasteiger partial charge in [-0.05, 0) is 6.42 Å². The molecular weight excluding hydrogens is 130 g/mol. The van der Waals surface area contributed by atoms with E-state index in [1.807, 2.05) is 0 Å². The SMILES string of the molecule is O=C1CCCN1.[Cr]. The Morgan fingerprint density at radius 2 is 2.29 bits per heavy atom. The monoisotopic (exact) mass is 137 g/mol. The zero-order chi connectivity index (χ0) is 4.41. The maximum absolute atomic E-state index is 10.1. The number of hydrogen-bond acceptors (Lipinski definition) is 1. The van der Waals surface area contributed by atoms with Crippen molar-refractivity contribution in [3.05, 3.63) is 0 Å². The summed E-state index contributed by atoms with van der Waals surface area (Å²) < 4.78 is 0. The Kier molecular flexibility index (Phi) is 3.06. The quantitative estimate of drug-likeness (QED) is 0.496. The first-order valence-corrected chi connectivity index (χ1v) is 2.16. The van der Waals surface area contributed by atoms with Gasteiger partial charge in [0.25, 0.3) is 0 Å². The molecule has 0 aliphatic carbocycles. The molecule has 7 heavy (non-hydrogen) atoms. The van der Waals surface area contributed by atoms with Crippen LogP contribution in [-0.4, -0.2) is 12.5 Å². The van der Waals surface area contributed by atoms with Crippen molar-refractivity contribution < 1.29 is 22.2 Å². The van der Waals surface area contributed by atoms with Crippen LogP contribution >= 0.6 is 0 Å². The Labute approximate surface area is 53.4 Å². The molecule has 0 atom stereocenters. The molecule has 0 spiro atoms. The van der Waals surface area contributed by atoms with E-state index in [0.29, 0.717) is 0 Å². The van der Waals surface area contributed by atoms with Crippen molar-refractivity contribution in [3.63, 3.8) is 0 Å². The molecule has 1 rings (SSSR count). The molecule has 1 saturated heterocycles. The van der Waals surface area contributed by atoms with Gasteiger partial charge in [-0.2, -0.15) is 0 Å². The van der Waals surface area contributed by atoms with Crippen LogP contribution in [0.1, 0.15) is 12.8 Å². The third-order valence-electron chi connectivity index (χ3n) is 0.903. The molecule has 1 N–H and O–H groups in total. The summed E-state index contributed by atoms with van der Waals surface area (Å²) in [6.45, 7) is 0.888. The van der Waals surface area contributed by atoms with Crippen LogP contribution in [-0.2, 0) is 22.2 Å². The minimum atomic E-state index is 0. The molecule has 1 heterocycles. The van der Waals surface area contributed by atoms with E-state index in [4.69, 9.17) is 0 Å². The molecule has 0 aromatic carbocycles. The van der Waals surface area contributed by atoms with Crippen molar-refractivity contribution in [2.75, 3.05) is 6.54 Å². The van der Waals surface area contributed by atoms with Crippen LogP contribution in [0, 0.1) is 0 Å². The fourth-order valence-electron chi connectivity index (χ4n) is 0.565. The molecule has 0 bridgehead atoms. The summed E-state index contributed by atoms with van der Waals surface area (Å²) in [5, 5.41) is 2.68. The molecule has 40 valence electrons. The first-order valence-electron chi connectivity index (χ1n) is 2.16. The molecule has 0 saturated carbocycles. The molecule has 1 aliphatic heterocycles. The maximum atomic E-state index is 10.1. The van der Waals surface area contributed by atoms with Crippen LogP contribution in [0.2, 0.25) is 0 Å². The molecule has 2 nitrogen and oxygen atoms in total. The van der Waals surface area contributed by atoms with Gasteiger partial charge in [0.15, 0.2) is 0 Å². The average molecular weight is 137 g/mol. The van der Waals surface area contributed by atoms with Gasteiger partial charge in [-0.3, -0.25) is 4.79 Å². The van der Waals surface area contributed by atoms with Crippen molar-refractivity contribution in [1.29, 1.82) is 0 Å². The normalized spacial score (nSPS) is 18.0. The summed E-state index contributed by atoms with van der Waals surface area (Å²) in [5.41, 5.74) is 0. The molecule has 0 aromatic rings. The molecule has 1 fully saturated rings. The van der Waals surface area contributed by atoms with Gasteiger partial charge >= 0.3 is 0 Å². The Morgan fingerprint density at radius 1 is 1.57 bits per heavy atom. The van der Waals surface area contributed by atoms with Gasteiger partial charge in [0.05, 0.1) is 0 Å². The predicted octanol–water partition coefficient (Wildman–Crippen LogP) is -0.106. The second kappa shape index (κ2) is 3.06. The van der Waals surface area contributed by atoms with Gasteiger partial charge in [-0.25, -0.2) is 0 Å². The predicted molar refractivity (Wildman–Crippen MR) is 22.2 cm³/mol. The fraction of sp³-hybridized carbons (Fsp3) is 0.750. The minimum Gasteiger partial charge on any atom is -0.356 e. The van der Waals surface area contributed by atoms with Crippen molar-refractivity contribution in [2.45, 2.75) is 12.8 Å². The van der Waals surface area contributed by atoms with Gasteiger partial charge < -0.3 is 5.32 Å². The molecular formula is C4H7CrNO. The minimum absolute atomic E-state index is 0.